The first-order valence-corrected chi connectivity index (χ1v) is 7.47. The van der Waals surface area contributed by atoms with Crippen molar-refractivity contribution in [3.8, 4) is 17.2 Å². The van der Waals surface area contributed by atoms with Crippen LogP contribution in [0.25, 0.3) is 0 Å². The van der Waals surface area contributed by atoms with E-state index >= 15 is 0 Å². The van der Waals surface area contributed by atoms with Gasteiger partial charge in [-0.05, 0) is 62.5 Å². The summed E-state index contributed by atoms with van der Waals surface area (Å²) in [7, 11) is 1.63. The summed E-state index contributed by atoms with van der Waals surface area (Å²) in [6, 6.07) is 15.4. The van der Waals surface area contributed by atoms with Crippen molar-refractivity contribution in [2.45, 2.75) is 19.9 Å². The van der Waals surface area contributed by atoms with Crippen molar-refractivity contribution in [3.05, 3.63) is 48.5 Å². The summed E-state index contributed by atoms with van der Waals surface area (Å²) in [5, 5.41) is 6.87. The van der Waals surface area contributed by atoms with Gasteiger partial charge in [0.15, 0.2) is 5.11 Å². The zero-order valence-corrected chi connectivity index (χ0v) is 13.7. The fourth-order valence-electron chi connectivity index (χ4n) is 1.84. The van der Waals surface area contributed by atoms with Crippen LogP contribution in [0.3, 0.4) is 0 Å². The normalized spacial score (nSPS) is 10.2. The number of hydrogen-bond donors (Lipinski definition) is 2. The van der Waals surface area contributed by atoms with Gasteiger partial charge in [0.25, 0.3) is 0 Å². The molecule has 22 heavy (non-hydrogen) atoms. The van der Waals surface area contributed by atoms with E-state index in [4.69, 9.17) is 21.7 Å². The van der Waals surface area contributed by atoms with E-state index in [9.17, 15) is 0 Å². The number of methoxy groups -OCH3 is 1. The smallest absolute Gasteiger partial charge is 0.170 e. The van der Waals surface area contributed by atoms with Gasteiger partial charge in [-0.3, -0.25) is 0 Å². The molecule has 0 aromatic heterocycles. The third kappa shape index (κ3) is 4.93. The van der Waals surface area contributed by atoms with Crippen LogP contribution in [0.4, 0.5) is 5.69 Å². The second kappa shape index (κ2) is 7.66. The molecule has 0 heterocycles. The Morgan fingerprint density at radius 1 is 1.00 bits per heavy atom. The molecular weight excluding hydrogens is 296 g/mol. The first-order valence-electron chi connectivity index (χ1n) is 7.06. The number of anilines is 1. The molecule has 2 aromatic rings. The van der Waals surface area contributed by atoms with Gasteiger partial charge in [0.05, 0.1) is 7.11 Å². The van der Waals surface area contributed by atoms with Crippen molar-refractivity contribution in [1.82, 2.24) is 5.32 Å². The van der Waals surface area contributed by atoms with E-state index in [2.05, 4.69) is 10.6 Å². The lowest BCUT2D eigenvalue weighted by atomic mass is 10.3. The van der Waals surface area contributed by atoms with E-state index < -0.39 is 0 Å². The molecule has 0 radical (unpaired) electrons. The van der Waals surface area contributed by atoms with Gasteiger partial charge in [0.2, 0.25) is 0 Å². The van der Waals surface area contributed by atoms with Crippen molar-refractivity contribution in [2.24, 2.45) is 0 Å². The lowest BCUT2D eigenvalue weighted by Crippen LogP contribution is -2.33. The van der Waals surface area contributed by atoms with Gasteiger partial charge >= 0.3 is 0 Å². The first-order chi connectivity index (χ1) is 10.6. The zero-order valence-electron chi connectivity index (χ0n) is 12.9. The molecule has 0 saturated carbocycles. The molecule has 2 rings (SSSR count). The molecule has 116 valence electrons. The van der Waals surface area contributed by atoms with Crippen molar-refractivity contribution >= 4 is 23.0 Å². The Hall–Kier alpha value is -2.27. The van der Waals surface area contributed by atoms with Crippen LogP contribution in [0, 0.1) is 0 Å². The molecule has 0 atom stereocenters. The minimum atomic E-state index is 0.302. The second-order valence-corrected chi connectivity index (χ2v) is 5.47. The Morgan fingerprint density at radius 3 is 2.32 bits per heavy atom. The maximum absolute atomic E-state index is 5.79. The van der Waals surface area contributed by atoms with Crippen LogP contribution < -0.4 is 20.1 Å². The van der Waals surface area contributed by atoms with Gasteiger partial charge < -0.3 is 20.1 Å². The largest absolute Gasteiger partial charge is 0.497 e. The van der Waals surface area contributed by atoms with E-state index in [1.807, 2.05) is 62.4 Å². The topological polar surface area (TPSA) is 42.5 Å². The fourth-order valence-corrected chi connectivity index (χ4v) is 2.19. The van der Waals surface area contributed by atoms with Gasteiger partial charge in [0, 0.05) is 17.8 Å². The quantitative estimate of drug-likeness (QED) is 0.810. The highest BCUT2D eigenvalue weighted by molar-refractivity contribution is 7.80. The van der Waals surface area contributed by atoms with Crippen LogP contribution in [0.5, 0.6) is 17.2 Å². The Balaban J connectivity index is 1.98. The Kier molecular flexibility index (Phi) is 5.61. The SMILES string of the molecule is COc1cccc(Oc2ccc(NC(=S)NC(C)C)cc2)c1. The summed E-state index contributed by atoms with van der Waals surface area (Å²) in [5.41, 5.74) is 0.913. The van der Waals surface area contributed by atoms with Crippen LogP contribution in [0.1, 0.15) is 13.8 Å². The van der Waals surface area contributed by atoms with Crippen LogP contribution in [0.15, 0.2) is 48.5 Å². The highest BCUT2D eigenvalue weighted by atomic mass is 32.1. The summed E-state index contributed by atoms with van der Waals surface area (Å²) in [4.78, 5) is 0. The van der Waals surface area contributed by atoms with Crippen molar-refractivity contribution in [3.63, 3.8) is 0 Å². The summed E-state index contributed by atoms with van der Waals surface area (Å²) in [6.07, 6.45) is 0. The Labute approximate surface area is 136 Å². The van der Waals surface area contributed by atoms with Crippen LogP contribution in [-0.4, -0.2) is 18.3 Å². The average Bonchev–Trinajstić information content (AvgIpc) is 2.48. The molecule has 0 aliphatic carbocycles. The molecule has 0 bridgehead atoms. The predicted molar refractivity (Wildman–Crippen MR) is 94.0 cm³/mol. The van der Waals surface area contributed by atoms with Crippen LogP contribution in [0.2, 0.25) is 0 Å². The number of hydrogen-bond acceptors (Lipinski definition) is 3. The van der Waals surface area contributed by atoms with E-state index in [0.717, 1.165) is 22.9 Å². The number of nitrogens with one attached hydrogen (secondary N) is 2. The van der Waals surface area contributed by atoms with Crippen molar-refractivity contribution in [2.75, 3.05) is 12.4 Å². The number of ether oxygens (including phenoxy) is 2. The van der Waals surface area contributed by atoms with Crippen molar-refractivity contribution < 1.29 is 9.47 Å². The van der Waals surface area contributed by atoms with Crippen LogP contribution in [-0.2, 0) is 0 Å². The Morgan fingerprint density at radius 2 is 1.68 bits per heavy atom. The van der Waals surface area contributed by atoms with Gasteiger partial charge in [0.1, 0.15) is 17.2 Å². The van der Waals surface area contributed by atoms with Gasteiger partial charge in [-0.2, -0.15) is 0 Å². The minimum Gasteiger partial charge on any atom is -0.497 e. The molecule has 0 saturated heterocycles. The summed E-state index contributed by atoms with van der Waals surface area (Å²) >= 11 is 5.21. The standard InChI is InChI=1S/C17H20N2O2S/c1-12(2)18-17(22)19-13-7-9-14(10-8-13)21-16-6-4-5-15(11-16)20-3/h4-12H,1-3H3,(H2,18,19,22). The molecule has 0 unspecified atom stereocenters. The Bertz CT molecular complexity index is 627. The first kappa shape index (κ1) is 16.1. The predicted octanol–water partition coefficient (Wildman–Crippen LogP) is 4.18. The van der Waals surface area contributed by atoms with E-state index in [-0.39, 0.29) is 0 Å². The van der Waals surface area contributed by atoms with E-state index in [1.165, 1.54) is 0 Å². The molecule has 0 aliphatic heterocycles. The maximum Gasteiger partial charge on any atom is 0.170 e. The molecular formula is C17H20N2O2S. The highest BCUT2D eigenvalue weighted by Gasteiger charge is 2.02. The van der Waals surface area contributed by atoms with Crippen molar-refractivity contribution in [1.29, 1.82) is 0 Å². The van der Waals surface area contributed by atoms with Crippen LogP contribution >= 0.6 is 12.2 Å². The van der Waals surface area contributed by atoms with Gasteiger partial charge in [-0.1, -0.05) is 6.07 Å². The molecule has 0 amide bonds. The molecule has 2 aromatic carbocycles. The molecule has 0 spiro atoms. The summed E-state index contributed by atoms with van der Waals surface area (Å²) in [5.74, 6) is 2.25. The minimum absolute atomic E-state index is 0.302. The summed E-state index contributed by atoms with van der Waals surface area (Å²) < 4.78 is 11.0. The lowest BCUT2D eigenvalue weighted by molar-refractivity contribution is 0.409. The van der Waals surface area contributed by atoms with Gasteiger partial charge in [-0.25, -0.2) is 0 Å². The fraction of sp³-hybridized carbons (Fsp3) is 0.235. The number of thiocarbonyl (C=S) groups is 1. The molecule has 0 aliphatic rings. The zero-order chi connectivity index (χ0) is 15.9. The molecule has 4 nitrogen and oxygen atoms in total. The number of benzene rings is 2. The second-order valence-electron chi connectivity index (χ2n) is 5.06. The summed E-state index contributed by atoms with van der Waals surface area (Å²) in [6.45, 7) is 4.08. The highest BCUT2D eigenvalue weighted by Crippen LogP contribution is 2.26. The van der Waals surface area contributed by atoms with Gasteiger partial charge in [-0.15, -0.1) is 0 Å². The van der Waals surface area contributed by atoms with E-state index in [0.29, 0.717) is 11.2 Å². The number of rotatable bonds is 5. The average molecular weight is 316 g/mol. The third-order valence-electron chi connectivity index (χ3n) is 2.81. The maximum atomic E-state index is 5.79. The lowest BCUT2D eigenvalue weighted by Gasteiger charge is -2.13. The van der Waals surface area contributed by atoms with E-state index in [1.54, 1.807) is 7.11 Å². The molecule has 2 N–H and O–H groups in total. The molecule has 5 heteroatoms. The molecule has 0 fully saturated rings. The monoisotopic (exact) mass is 316 g/mol. The third-order valence-corrected chi connectivity index (χ3v) is 3.03.